The van der Waals surface area contributed by atoms with Crippen molar-refractivity contribution >= 4 is 46.3 Å². The number of aliphatic hydroxyl groups excluding tert-OH is 1. The minimum Gasteiger partial charge on any atom is -0.376 e. The van der Waals surface area contributed by atoms with Crippen molar-refractivity contribution in [3.63, 3.8) is 0 Å². The molecule has 2 heterocycles. The van der Waals surface area contributed by atoms with E-state index in [1.54, 1.807) is 30.5 Å². The Morgan fingerprint density at radius 2 is 1.76 bits per heavy atom. The highest BCUT2D eigenvalue weighted by molar-refractivity contribution is 7.99. The van der Waals surface area contributed by atoms with E-state index in [1.165, 1.54) is 16.3 Å². The maximum Gasteiger partial charge on any atom is 0.262 e. The first-order valence-corrected chi connectivity index (χ1v) is 9.03. The van der Waals surface area contributed by atoms with Gasteiger partial charge in [-0.05, 0) is 35.9 Å². The van der Waals surface area contributed by atoms with Crippen molar-refractivity contribution < 1.29 is 5.11 Å². The third kappa shape index (κ3) is 2.93. The molecule has 0 fully saturated rings. The topological polar surface area (TPSA) is 54.3 Å². The van der Waals surface area contributed by atoms with E-state index in [9.17, 15) is 9.90 Å². The number of aliphatic hydroxyl groups is 1. The van der Waals surface area contributed by atoms with Crippen LogP contribution in [0.2, 0.25) is 10.0 Å². The molecule has 2 aromatic carbocycles. The summed E-state index contributed by atoms with van der Waals surface area (Å²) in [6, 6.07) is 12.6. The average molecular weight is 391 g/mol. The summed E-state index contributed by atoms with van der Waals surface area (Å²) in [4.78, 5) is 14.7. The van der Waals surface area contributed by atoms with Crippen LogP contribution < -0.4 is 10.9 Å². The lowest BCUT2D eigenvalue weighted by molar-refractivity contribution is 0.205. The zero-order valence-corrected chi connectivity index (χ0v) is 15.1. The summed E-state index contributed by atoms with van der Waals surface area (Å²) in [5, 5.41) is 14.1. The van der Waals surface area contributed by atoms with Crippen molar-refractivity contribution in [3.8, 4) is 11.1 Å². The van der Waals surface area contributed by atoms with Crippen LogP contribution in [-0.2, 0) is 6.73 Å². The van der Waals surface area contributed by atoms with Crippen LogP contribution in [-0.4, -0.2) is 9.67 Å². The van der Waals surface area contributed by atoms with Crippen LogP contribution >= 0.6 is 35.0 Å². The third-order valence-electron chi connectivity index (χ3n) is 3.95. The van der Waals surface area contributed by atoms with Crippen LogP contribution in [0.15, 0.2) is 63.2 Å². The molecule has 0 aliphatic carbocycles. The first-order chi connectivity index (χ1) is 12.1. The minimum atomic E-state index is -0.388. The molecule has 2 N–H and O–H groups in total. The number of rotatable bonds is 2. The van der Waals surface area contributed by atoms with Crippen molar-refractivity contribution in [2.45, 2.75) is 16.5 Å². The number of nitrogens with one attached hydrogen (secondary N) is 1. The second-order valence-electron chi connectivity index (χ2n) is 5.53. The fourth-order valence-electron chi connectivity index (χ4n) is 2.77. The number of benzene rings is 2. The zero-order chi connectivity index (χ0) is 17.6. The lowest BCUT2D eigenvalue weighted by atomic mass is 10.0. The van der Waals surface area contributed by atoms with Gasteiger partial charge >= 0.3 is 0 Å². The highest BCUT2D eigenvalue weighted by Crippen LogP contribution is 2.47. The molecule has 1 aromatic heterocycles. The smallest absolute Gasteiger partial charge is 0.262 e. The molecule has 0 saturated carbocycles. The molecule has 7 heteroatoms. The molecule has 0 atom stereocenters. The minimum absolute atomic E-state index is 0.276. The Bertz CT molecular complexity index is 1030. The summed E-state index contributed by atoms with van der Waals surface area (Å²) in [6.45, 7) is -0.388. The van der Waals surface area contributed by atoms with Crippen molar-refractivity contribution in [1.82, 2.24) is 4.57 Å². The van der Waals surface area contributed by atoms with E-state index in [4.69, 9.17) is 23.2 Å². The molecule has 0 bridgehead atoms. The Kier molecular flexibility index (Phi) is 4.25. The first kappa shape index (κ1) is 16.5. The van der Waals surface area contributed by atoms with E-state index in [0.29, 0.717) is 21.3 Å². The molecule has 25 heavy (non-hydrogen) atoms. The molecule has 4 nitrogen and oxygen atoms in total. The second kappa shape index (κ2) is 6.42. The van der Waals surface area contributed by atoms with Crippen LogP contribution in [0.25, 0.3) is 11.1 Å². The molecule has 126 valence electrons. The SMILES string of the molecule is O=c1c(-c2ccc(Cl)cc2)c2c(cn1CO)Sc1ccc(Cl)cc1N2. The standard InChI is InChI=1S/C18H12Cl2N2O2S/c19-11-3-1-10(2-4-11)16-17-15(8-22(9-23)18(16)24)25-14-6-5-12(20)7-13(14)21-17/h1-8,21,23H,9H2. The fourth-order valence-corrected chi connectivity index (χ4v) is 4.10. The number of hydrogen-bond acceptors (Lipinski definition) is 4. The maximum absolute atomic E-state index is 12.8. The number of pyridine rings is 1. The van der Waals surface area contributed by atoms with Crippen LogP contribution in [0.4, 0.5) is 11.4 Å². The van der Waals surface area contributed by atoms with Crippen LogP contribution in [0.1, 0.15) is 0 Å². The van der Waals surface area contributed by atoms with E-state index < -0.39 is 0 Å². The monoisotopic (exact) mass is 390 g/mol. The lowest BCUT2D eigenvalue weighted by Gasteiger charge is -2.24. The average Bonchev–Trinajstić information content (AvgIpc) is 2.61. The van der Waals surface area contributed by atoms with Gasteiger partial charge in [0.25, 0.3) is 5.56 Å². The highest BCUT2D eigenvalue weighted by Gasteiger charge is 2.23. The number of hydrogen-bond donors (Lipinski definition) is 2. The summed E-state index contributed by atoms with van der Waals surface area (Å²) < 4.78 is 1.29. The number of anilines is 2. The molecule has 3 aromatic rings. The normalized spacial score (nSPS) is 12.3. The lowest BCUT2D eigenvalue weighted by Crippen LogP contribution is -2.24. The van der Waals surface area contributed by atoms with Crippen LogP contribution in [0.5, 0.6) is 0 Å². The van der Waals surface area contributed by atoms with Gasteiger partial charge in [-0.1, -0.05) is 47.1 Å². The van der Waals surface area contributed by atoms with Gasteiger partial charge in [0.15, 0.2) is 0 Å². The molecule has 0 unspecified atom stereocenters. The van der Waals surface area contributed by atoms with E-state index in [-0.39, 0.29) is 12.3 Å². The quantitative estimate of drug-likeness (QED) is 0.506. The number of nitrogens with zero attached hydrogens (tertiary/aromatic N) is 1. The van der Waals surface area contributed by atoms with Crippen LogP contribution in [0.3, 0.4) is 0 Å². The van der Waals surface area contributed by atoms with Gasteiger partial charge in [-0.2, -0.15) is 0 Å². The number of halogens is 2. The Morgan fingerprint density at radius 1 is 1.04 bits per heavy atom. The first-order valence-electron chi connectivity index (χ1n) is 7.45. The molecule has 0 spiro atoms. The van der Waals surface area contributed by atoms with Gasteiger partial charge in [0.1, 0.15) is 6.73 Å². The summed E-state index contributed by atoms with van der Waals surface area (Å²) in [7, 11) is 0. The number of aromatic nitrogens is 1. The molecular weight excluding hydrogens is 379 g/mol. The van der Waals surface area contributed by atoms with Crippen molar-refractivity contribution in [2.75, 3.05) is 5.32 Å². The van der Waals surface area contributed by atoms with E-state index in [1.807, 2.05) is 18.2 Å². The van der Waals surface area contributed by atoms with Crippen molar-refractivity contribution in [2.24, 2.45) is 0 Å². The maximum atomic E-state index is 12.8. The Balaban J connectivity index is 1.96. The molecule has 0 amide bonds. The Morgan fingerprint density at radius 3 is 2.48 bits per heavy atom. The van der Waals surface area contributed by atoms with Crippen molar-refractivity contribution in [1.29, 1.82) is 0 Å². The predicted molar refractivity (Wildman–Crippen MR) is 102 cm³/mol. The van der Waals surface area contributed by atoms with Gasteiger partial charge in [0, 0.05) is 21.1 Å². The Labute approximate surface area is 158 Å². The van der Waals surface area contributed by atoms with E-state index in [0.717, 1.165) is 21.0 Å². The molecule has 0 saturated heterocycles. The van der Waals surface area contributed by atoms with Gasteiger partial charge in [-0.15, -0.1) is 0 Å². The van der Waals surface area contributed by atoms with Gasteiger partial charge < -0.3 is 10.4 Å². The Hall–Kier alpha value is -1.92. The summed E-state index contributed by atoms with van der Waals surface area (Å²) in [6.07, 6.45) is 1.66. The molecule has 1 aliphatic rings. The molecule has 0 radical (unpaired) electrons. The summed E-state index contributed by atoms with van der Waals surface area (Å²) >= 11 is 13.6. The second-order valence-corrected chi connectivity index (χ2v) is 7.49. The summed E-state index contributed by atoms with van der Waals surface area (Å²) in [5.41, 5.74) is 2.49. The van der Waals surface area contributed by atoms with E-state index in [2.05, 4.69) is 5.32 Å². The number of fused-ring (bicyclic) bond motifs is 2. The highest BCUT2D eigenvalue weighted by atomic mass is 35.5. The fraction of sp³-hybridized carbons (Fsp3) is 0.0556. The van der Waals surface area contributed by atoms with Gasteiger partial charge in [-0.3, -0.25) is 9.36 Å². The van der Waals surface area contributed by atoms with Crippen molar-refractivity contribution in [3.05, 3.63) is 69.1 Å². The van der Waals surface area contributed by atoms with Gasteiger partial charge in [-0.25, -0.2) is 0 Å². The molecule has 4 rings (SSSR count). The molecule has 1 aliphatic heterocycles. The zero-order valence-electron chi connectivity index (χ0n) is 12.8. The predicted octanol–water partition coefficient (Wildman–Crippen LogP) is 4.98. The van der Waals surface area contributed by atoms with Gasteiger partial charge in [0.2, 0.25) is 0 Å². The third-order valence-corrected chi connectivity index (χ3v) is 5.54. The van der Waals surface area contributed by atoms with E-state index >= 15 is 0 Å². The largest absolute Gasteiger partial charge is 0.376 e. The van der Waals surface area contributed by atoms with Gasteiger partial charge in [0.05, 0.1) is 21.8 Å². The van der Waals surface area contributed by atoms with Crippen LogP contribution in [0, 0.1) is 0 Å². The molecular formula is C18H12Cl2N2O2S. The summed E-state index contributed by atoms with van der Waals surface area (Å²) in [5.74, 6) is 0.